The second-order valence-electron chi connectivity index (χ2n) is 6.89. The number of methoxy groups -OCH3 is 1. The molecule has 1 aliphatic rings. The van der Waals surface area contributed by atoms with E-state index in [9.17, 15) is 14.4 Å². The minimum Gasteiger partial charge on any atom is -0.465 e. The first-order chi connectivity index (χ1) is 14.1. The van der Waals surface area contributed by atoms with Crippen LogP contribution in [0.2, 0.25) is 0 Å². The summed E-state index contributed by atoms with van der Waals surface area (Å²) >= 11 is 0. The average Bonchev–Trinajstić information content (AvgIpc) is 3.36. The highest BCUT2D eigenvalue weighted by Gasteiger charge is 2.32. The van der Waals surface area contributed by atoms with Crippen LogP contribution in [0, 0.1) is 0 Å². The summed E-state index contributed by atoms with van der Waals surface area (Å²) in [4.78, 5) is 37.1. The third-order valence-electron chi connectivity index (χ3n) is 5.17. The fraction of sp³-hybridized carbons (Fsp3) is 0.174. The third-order valence-corrected chi connectivity index (χ3v) is 5.17. The number of nitrogens with one attached hydrogen (secondary N) is 1. The van der Waals surface area contributed by atoms with Gasteiger partial charge < -0.3 is 14.6 Å². The monoisotopic (exact) mass is 388 g/mol. The maximum atomic E-state index is 12.8. The molecular formula is C23H20N2O4. The van der Waals surface area contributed by atoms with Gasteiger partial charge in [0, 0.05) is 23.5 Å². The number of aromatic nitrogens is 1. The Bertz CT molecular complexity index is 1070. The van der Waals surface area contributed by atoms with Crippen LogP contribution in [0.5, 0.6) is 0 Å². The molecule has 0 unspecified atom stereocenters. The van der Waals surface area contributed by atoms with Crippen molar-refractivity contribution in [2.24, 2.45) is 0 Å². The number of amides is 1. The highest BCUT2D eigenvalue weighted by Crippen LogP contribution is 2.32. The topological polar surface area (TPSA) is 77.4 Å². The predicted octanol–water partition coefficient (Wildman–Crippen LogP) is 3.63. The number of anilines is 1. The van der Waals surface area contributed by atoms with Crippen molar-refractivity contribution in [2.75, 3.05) is 12.4 Å². The Morgan fingerprint density at radius 2 is 1.66 bits per heavy atom. The molecule has 1 aromatic heterocycles. The Balaban J connectivity index is 1.50. The van der Waals surface area contributed by atoms with Crippen molar-refractivity contribution < 1.29 is 19.1 Å². The fourth-order valence-electron chi connectivity index (χ4n) is 3.68. The lowest BCUT2D eigenvalue weighted by Crippen LogP contribution is -2.19. The lowest BCUT2D eigenvalue weighted by molar-refractivity contribution is -0.117. The fourth-order valence-corrected chi connectivity index (χ4v) is 3.68. The SMILES string of the molecule is COC(=O)c1ccc(NC(=O)[C@H]2CCn3c(C(=O)c4ccccc4)ccc32)cc1. The summed E-state index contributed by atoms with van der Waals surface area (Å²) in [5, 5.41) is 2.89. The molecule has 1 aliphatic heterocycles. The summed E-state index contributed by atoms with van der Waals surface area (Å²) < 4.78 is 6.61. The zero-order valence-corrected chi connectivity index (χ0v) is 15.9. The van der Waals surface area contributed by atoms with Gasteiger partial charge in [-0.2, -0.15) is 0 Å². The van der Waals surface area contributed by atoms with E-state index in [1.165, 1.54) is 7.11 Å². The molecule has 0 radical (unpaired) electrons. The van der Waals surface area contributed by atoms with Crippen molar-refractivity contribution in [1.82, 2.24) is 4.57 Å². The van der Waals surface area contributed by atoms with Crippen LogP contribution in [-0.2, 0) is 16.1 Å². The van der Waals surface area contributed by atoms with Crippen LogP contribution in [0.3, 0.4) is 0 Å². The van der Waals surface area contributed by atoms with Crippen molar-refractivity contribution in [3.63, 3.8) is 0 Å². The largest absolute Gasteiger partial charge is 0.465 e. The van der Waals surface area contributed by atoms with Crippen molar-refractivity contribution in [3.05, 3.63) is 89.2 Å². The number of fused-ring (bicyclic) bond motifs is 1. The van der Waals surface area contributed by atoms with Gasteiger partial charge in [0.05, 0.1) is 24.3 Å². The van der Waals surface area contributed by atoms with Crippen LogP contribution in [0.1, 0.15) is 44.4 Å². The molecule has 3 aromatic rings. The van der Waals surface area contributed by atoms with Gasteiger partial charge in [0.15, 0.2) is 0 Å². The smallest absolute Gasteiger partial charge is 0.337 e. The quantitative estimate of drug-likeness (QED) is 0.535. The lowest BCUT2D eigenvalue weighted by atomic mass is 10.0. The second kappa shape index (κ2) is 7.75. The number of hydrogen-bond donors (Lipinski definition) is 1. The van der Waals surface area contributed by atoms with E-state index in [0.29, 0.717) is 35.5 Å². The average molecular weight is 388 g/mol. The van der Waals surface area contributed by atoms with E-state index in [4.69, 9.17) is 0 Å². The number of esters is 1. The summed E-state index contributed by atoms with van der Waals surface area (Å²) in [6.07, 6.45) is 0.636. The van der Waals surface area contributed by atoms with Crippen LogP contribution in [0.25, 0.3) is 0 Å². The summed E-state index contributed by atoms with van der Waals surface area (Å²) in [7, 11) is 1.32. The standard InChI is InChI=1S/C23H20N2O4/c1-29-23(28)16-7-9-17(10-8-16)24-22(27)18-13-14-25-19(18)11-12-20(25)21(26)15-5-3-2-4-6-15/h2-12,18H,13-14H2,1H3,(H,24,27)/t18-/m0/s1. The van der Waals surface area contributed by atoms with Gasteiger partial charge in [0.25, 0.3) is 0 Å². The molecule has 2 heterocycles. The van der Waals surface area contributed by atoms with Gasteiger partial charge in [-0.3, -0.25) is 9.59 Å². The van der Waals surface area contributed by atoms with E-state index in [0.717, 1.165) is 5.69 Å². The molecule has 0 saturated heterocycles. The Morgan fingerprint density at radius 1 is 0.931 bits per heavy atom. The van der Waals surface area contributed by atoms with Crippen molar-refractivity contribution in [1.29, 1.82) is 0 Å². The molecule has 1 atom stereocenters. The minimum absolute atomic E-state index is 0.0451. The highest BCUT2D eigenvalue weighted by atomic mass is 16.5. The first-order valence-corrected chi connectivity index (χ1v) is 9.37. The number of rotatable bonds is 5. The minimum atomic E-state index is -0.424. The van der Waals surface area contributed by atoms with Crippen molar-refractivity contribution in [2.45, 2.75) is 18.9 Å². The molecule has 2 aromatic carbocycles. The molecule has 0 aliphatic carbocycles. The summed E-state index contributed by atoms with van der Waals surface area (Å²) in [6.45, 7) is 0.621. The van der Waals surface area contributed by atoms with E-state index < -0.39 is 5.97 Å². The summed E-state index contributed by atoms with van der Waals surface area (Å²) in [5.74, 6) is -0.928. The molecule has 6 heteroatoms. The van der Waals surface area contributed by atoms with Crippen molar-refractivity contribution >= 4 is 23.3 Å². The number of nitrogens with zero attached hydrogens (tertiary/aromatic N) is 1. The first kappa shape index (κ1) is 18.7. The number of ketones is 1. The van der Waals surface area contributed by atoms with E-state index in [2.05, 4.69) is 10.1 Å². The van der Waals surface area contributed by atoms with Crippen molar-refractivity contribution in [3.8, 4) is 0 Å². The van der Waals surface area contributed by atoms with Gasteiger partial charge in [-0.1, -0.05) is 30.3 Å². The second-order valence-corrected chi connectivity index (χ2v) is 6.89. The maximum absolute atomic E-state index is 12.8. The zero-order valence-electron chi connectivity index (χ0n) is 15.9. The van der Waals surface area contributed by atoms with Crippen LogP contribution < -0.4 is 5.32 Å². The number of carbonyl (C=O) groups is 3. The van der Waals surface area contributed by atoms with E-state index in [-0.39, 0.29) is 17.6 Å². The van der Waals surface area contributed by atoms with Crippen LogP contribution in [0.4, 0.5) is 5.69 Å². The zero-order chi connectivity index (χ0) is 20.4. The van der Waals surface area contributed by atoms with Gasteiger partial charge in [-0.15, -0.1) is 0 Å². The Kier molecular flexibility index (Phi) is 4.99. The molecule has 4 rings (SSSR count). The number of benzene rings is 2. The maximum Gasteiger partial charge on any atom is 0.337 e. The van der Waals surface area contributed by atoms with E-state index in [1.54, 1.807) is 42.5 Å². The van der Waals surface area contributed by atoms with Crippen LogP contribution >= 0.6 is 0 Å². The number of ether oxygens (including phenoxy) is 1. The van der Waals surface area contributed by atoms with Gasteiger partial charge in [-0.25, -0.2) is 4.79 Å². The molecule has 146 valence electrons. The van der Waals surface area contributed by atoms with E-state index in [1.807, 2.05) is 28.8 Å². The Hall–Kier alpha value is -3.67. The first-order valence-electron chi connectivity index (χ1n) is 9.37. The summed E-state index contributed by atoms with van der Waals surface area (Å²) in [6, 6.07) is 19.3. The van der Waals surface area contributed by atoms with Gasteiger partial charge in [0.1, 0.15) is 0 Å². The molecule has 0 bridgehead atoms. The molecule has 0 saturated carbocycles. The van der Waals surface area contributed by atoms with Gasteiger partial charge >= 0.3 is 5.97 Å². The molecular weight excluding hydrogens is 368 g/mol. The third kappa shape index (κ3) is 3.57. The molecule has 1 N–H and O–H groups in total. The molecule has 6 nitrogen and oxygen atoms in total. The van der Waals surface area contributed by atoms with Gasteiger partial charge in [-0.05, 0) is 42.8 Å². The van der Waals surface area contributed by atoms with Crippen LogP contribution in [0.15, 0.2) is 66.7 Å². The Labute approximate surface area is 168 Å². The van der Waals surface area contributed by atoms with E-state index >= 15 is 0 Å². The number of carbonyl (C=O) groups excluding carboxylic acids is 3. The summed E-state index contributed by atoms with van der Waals surface area (Å²) in [5.41, 5.74) is 3.10. The van der Waals surface area contributed by atoms with Gasteiger partial charge in [0.2, 0.25) is 11.7 Å². The number of hydrogen-bond acceptors (Lipinski definition) is 4. The molecule has 0 spiro atoms. The van der Waals surface area contributed by atoms with Crippen LogP contribution in [-0.4, -0.2) is 29.3 Å². The Morgan fingerprint density at radius 3 is 2.34 bits per heavy atom. The normalized spacial score (nSPS) is 14.9. The molecule has 0 fully saturated rings. The molecule has 1 amide bonds. The molecule has 29 heavy (non-hydrogen) atoms. The predicted molar refractivity (Wildman–Crippen MR) is 108 cm³/mol. The highest BCUT2D eigenvalue weighted by molar-refractivity contribution is 6.08. The lowest BCUT2D eigenvalue weighted by Gasteiger charge is -2.11.